The molecule has 0 saturated carbocycles. The second-order valence-corrected chi connectivity index (χ2v) is 7.70. The van der Waals surface area contributed by atoms with Crippen LogP contribution in [0.5, 0.6) is 0 Å². The largest absolute Gasteiger partial charge is 0.321 e. The Morgan fingerprint density at radius 2 is 1.18 bits per heavy atom. The molecule has 0 fully saturated rings. The molecule has 0 radical (unpaired) electrons. The summed E-state index contributed by atoms with van der Waals surface area (Å²) in [6, 6.07) is 37.1. The van der Waals surface area contributed by atoms with Gasteiger partial charge in [-0.15, -0.1) is 0 Å². The number of carbonyl (C=O) groups is 2. The minimum absolute atomic E-state index is 0.0698. The predicted molar refractivity (Wildman–Crippen MR) is 133 cm³/mol. The first-order chi connectivity index (χ1) is 16.7. The summed E-state index contributed by atoms with van der Waals surface area (Å²) < 4.78 is 1.67. The van der Waals surface area contributed by atoms with Gasteiger partial charge in [-0.05, 0) is 24.3 Å². The lowest BCUT2D eigenvalue weighted by atomic mass is 9.97. The number of anilines is 1. The molecule has 0 spiro atoms. The molecule has 0 aliphatic rings. The van der Waals surface area contributed by atoms with E-state index < -0.39 is 5.91 Å². The van der Waals surface area contributed by atoms with Gasteiger partial charge in [0.25, 0.3) is 5.91 Å². The van der Waals surface area contributed by atoms with Gasteiger partial charge in [0.15, 0.2) is 11.5 Å². The van der Waals surface area contributed by atoms with E-state index in [1.165, 1.54) is 0 Å². The maximum atomic E-state index is 13.8. The van der Waals surface area contributed by atoms with Crippen molar-refractivity contribution in [3.63, 3.8) is 0 Å². The maximum Gasteiger partial charge on any atom is 0.276 e. The molecule has 34 heavy (non-hydrogen) atoms. The Bertz CT molecular complexity index is 1430. The third-order valence-corrected chi connectivity index (χ3v) is 5.44. The quantitative estimate of drug-likeness (QED) is 0.326. The van der Waals surface area contributed by atoms with Gasteiger partial charge in [0.2, 0.25) is 0 Å². The molecule has 0 bridgehead atoms. The Balaban J connectivity index is 1.75. The summed E-state index contributed by atoms with van der Waals surface area (Å²) in [5, 5.41) is 7.56. The number of ketones is 1. The van der Waals surface area contributed by atoms with E-state index in [4.69, 9.17) is 0 Å². The van der Waals surface area contributed by atoms with Crippen LogP contribution in [0, 0.1) is 0 Å². The molecule has 5 aromatic rings. The fourth-order valence-corrected chi connectivity index (χ4v) is 3.86. The number of nitrogens with zero attached hydrogens (tertiary/aromatic N) is 2. The monoisotopic (exact) mass is 443 g/mol. The molecule has 5 nitrogen and oxygen atoms in total. The highest BCUT2D eigenvalue weighted by atomic mass is 16.2. The standard InChI is InChI=1S/C29H21N3O2/c33-28(22-15-7-2-8-16-22)25-26(29(34)30-23-17-9-3-10-18-23)31-32(24-19-11-4-12-20-24)27(25)21-13-5-1-6-14-21/h1-20H,(H,30,34). The minimum atomic E-state index is -0.447. The minimum Gasteiger partial charge on any atom is -0.321 e. The highest BCUT2D eigenvalue weighted by Crippen LogP contribution is 2.31. The Hall–Kier alpha value is -4.77. The SMILES string of the molecule is O=C(Nc1ccccc1)c1nn(-c2ccccc2)c(-c2ccccc2)c1C(=O)c1ccccc1. The number of amides is 1. The first-order valence-electron chi connectivity index (χ1n) is 10.9. The Labute approximate surface area is 197 Å². The Morgan fingerprint density at radius 3 is 1.79 bits per heavy atom. The van der Waals surface area contributed by atoms with E-state index in [2.05, 4.69) is 10.4 Å². The van der Waals surface area contributed by atoms with Crippen molar-refractivity contribution in [3.05, 3.63) is 138 Å². The van der Waals surface area contributed by atoms with Crippen LogP contribution >= 0.6 is 0 Å². The summed E-state index contributed by atoms with van der Waals surface area (Å²) >= 11 is 0. The molecule has 0 aliphatic carbocycles. The van der Waals surface area contributed by atoms with E-state index in [0.717, 1.165) is 11.3 Å². The van der Waals surface area contributed by atoms with Gasteiger partial charge >= 0.3 is 0 Å². The topological polar surface area (TPSA) is 64.0 Å². The summed E-state index contributed by atoms with van der Waals surface area (Å²) in [4.78, 5) is 27.3. The molecule has 1 amide bonds. The van der Waals surface area contributed by atoms with Crippen LogP contribution in [0.15, 0.2) is 121 Å². The Morgan fingerprint density at radius 1 is 0.647 bits per heavy atom. The number of hydrogen-bond donors (Lipinski definition) is 1. The molecular weight excluding hydrogens is 422 g/mol. The molecule has 1 heterocycles. The van der Waals surface area contributed by atoms with Crippen molar-refractivity contribution in [2.45, 2.75) is 0 Å². The fourth-order valence-electron chi connectivity index (χ4n) is 3.86. The van der Waals surface area contributed by atoms with Crippen molar-refractivity contribution < 1.29 is 9.59 Å². The molecular formula is C29H21N3O2. The summed E-state index contributed by atoms with van der Waals surface area (Å²) in [6.45, 7) is 0. The van der Waals surface area contributed by atoms with E-state index >= 15 is 0 Å². The van der Waals surface area contributed by atoms with E-state index in [9.17, 15) is 9.59 Å². The predicted octanol–water partition coefficient (Wildman–Crippen LogP) is 6.02. The van der Waals surface area contributed by atoms with Crippen molar-refractivity contribution in [2.24, 2.45) is 0 Å². The van der Waals surface area contributed by atoms with Crippen LogP contribution in [-0.4, -0.2) is 21.5 Å². The van der Waals surface area contributed by atoms with Gasteiger partial charge in [0.05, 0.1) is 16.9 Å². The second-order valence-electron chi connectivity index (χ2n) is 7.70. The van der Waals surface area contributed by atoms with Crippen LogP contribution in [0.1, 0.15) is 26.4 Å². The van der Waals surface area contributed by atoms with Crippen molar-refractivity contribution in [3.8, 4) is 16.9 Å². The fraction of sp³-hybridized carbons (Fsp3) is 0. The molecule has 0 saturated heterocycles. The summed E-state index contributed by atoms with van der Waals surface area (Å²) in [7, 11) is 0. The molecule has 1 aromatic heterocycles. The first kappa shape index (κ1) is 21.1. The molecule has 164 valence electrons. The van der Waals surface area contributed by atoms with Gasteiger partial charge in [0.1, 0.15) is 0 Å². The van der Waals surface area contributed by atoms with Gasteiger partial charge in [-0.25, -0.2) is 4.68 Å². The summed E-state index contributed by atoms with van der Waals surface area (Å²) in [5.41, 5.74) is 3.55. The normalized spacial score (nSPS) is 10.6. The molecule has 4 aromatic carbocycles. The molecule has 5 heteroatoms. The van der Waals surface area contributed by atoms with Gasteiger partial charge in [-0.3, -0.25) is 9.59 Å². The summed E-state index contributed by atoms with van der Waals surface area (Å²) in [6.07, 6.45) is 0. The van der Waals surface area contributed by atoms with Crippen molar-refractivity contribution in [1.82, 2.24) is 9.78 Å². The lowest BCUT2D eigenvalue weighted by Crippen LogP contribution is -2.17. The molecule has 5 rings (SSSR count). The van der Waals surface area contributed by atoms with Gasteiger partial charge in [0, 0.05) is 16.8 Å². The van der Waals surface area contributed by atoms with E-state index in [1.54, 1.807) is 41.1 Å². The van der Waals surface area contributed by atoms with Crippen molar-refractivity contribution in [1.29, 1.82) is 0 Å². The van der Waals surface area contributed by atoms with E-state index in [1.807, 2.05) is 84.9 Å². The average molecular weight is 444 g/mol. The zero-order valence-electron chi connectivity index (χ0n) is 18.3. The number of nitrogens with one attached hydrogen (secondary N) is 1. The number of para-hydroxylation sites is 2. The average Bonchev–Trinajstić information content (AvgIpc) is 3.31. The Kier molecular flexibility index (Phi) is 5.82. The number of aromatic nitrogens is 2. The molecule has 0 unspecified atom stereocenters. The van der Waals surface area contributed by atoms with E-state index in [0.29, 0.717) is 16.9 Å². The number of benzene rings is 4. The smallest absolute Gasteiger partial charge is 0.276 e. The first-order valence-corrected chi connectivity index (χ1v) is 10.9. The highest BCUT2D eigenvalue weighted by Gasteiger charge is 2.30. The third-order valence-electron chi connectivity index (χ3n) is 5.44. The number of carbonyl (C=O) groups excluding carboxylic acids is 2. The van der Waals surface area contributed by atoms with Crippen molar-refractivity contribution in [2.75, 3.05) is 5.32 Å². The zero-order chi connectivity index (χ0) is 23.3. The lowest BCUT2D eigenvalue weighted by Gasteiger charge is -2.10. The van der Waals surface area contributed by atoms with Gasteiger partial charge in [-0.2, -0.15) is 5.10 Å². The molecule has 1 N–H and O–H groups in total. The van der Waals surface area contributed by atoms with Crippen LogP contribution in [0.3, 0.4) is 0 Å². The van der Waals surface area contributed by atoms with Crippen LogP contribution in [0.25, 0.3) is 16.9 Å². The molecule has 0 aliphatic heterocycles. The maximum absolute atomic E-state index is 13.8. The second kappa shape index (κ2) is 9.38. The van der Waals surface area contributed by atoms with Crippen LogP contribution in [0.2, 0.25) is 0 Å². The van der Waals surface area contributed by atoms with E-state index in [-0.39, 0.29) is 17.0 Å². The highest BCUT2D eigenvalue weighted by molar-refractivity contribution is 6.19. The zero-order valence-corrected chi connectivity index (χ0v) is 18.3. The van der Waals surface area contributed by atoms with Crippen LogP contribution < -0.4 is 5.32 Å². The van der Waals surface area contributed by atoms with Gasteiger partial charge < -0.3 is 5.32 Å². The van der Waals surface area contributed by atoms with Gasteiger partial charge in [-0.1, -0.05) is 97.1 Å². The number of hydrogen-bond acceptors (Lipinski definition) is 3. The number of rotatable bonds is 6. The van der Waals surface area contributed by atoms with Crippen molar-refractivity contribution >= 4 is 17.4 Å². The lowest BCUT2D eigenvalue weighted by molar-refractivity contribution is 0.0993. The molecule has 0 atom stereocenters. The van der Waals surface area contributed by atoms with Crippen LogP contribution in [-0.2, 0) is 0 Å². The third kappa shape index (κ3) is 4.14. The van der Waals surface area contributed by atoms with Crippen LogP contribution in [0.4, 0.5) is 5.69 Å². The summed E-state index contributed by atoms with van der Waals surface area (Å²) in [5.74, 6) is -0.711.